The third kappa shape index (κ3) is 4.46. The Morgan fingerprint density at radius 2 is 1.90 bits per heavy atom. The Labute approximate surface area is 136 Å². The summed E-state index contributed by atoms with van der Waals surface area (Å²) in [7, 11) is 0. The van der Waals surface area contributed by atoms with E-state index in [1.54, 1.807) is 24.3 Å². The summed E-state index contributed by atoms with van der Waals surface area (Å²) in [6.07, 6.45) is 0. The number of nitrogens with one attached hydrogen (secondary N) is 2. The van der Waals surface area contributed by atoms with Crippen LogP contribution in [0.3, 0.4) is 0 Å². The van der Waals surface area contributed by atoms with Gasteiger partial charge in [-0.3, -0.25) is 9.59 Å². The van der Waals surface area contributed by atoms with Crippen molar-refractivity contribution in [3.63, 3.8) is 0 Å². The van der Waals surface area contributed by atoms with Crippen molar-refractivity contribution >= 4 is 52.0 Å². The minimum atomic E-state index is -0.338. The Hall–Kier alpha value is -1.56. The van der Waals surface area contributed by atoms with Gasteiger partial charge in [0.2, 0.25) is 5.91 Å². The highest BCUT2D eigenvalue weighted by Gasteiger charge is 2.10. The first-order valence-electron chi connectivity index (χ1n) is 6.05. The van der Waals surface area contributed by atoms with Crippen LogP contribution in [-0.2, 0) is 4.79 Å². The number of anilines is 1. The number of halogens is 2. The summed E-state index contributed by atoms with van der Waals surface area (Å²) < 4.78 is 0. The molecule has 0 fully saturated rings. The van der Waals surface area contributed by atoms with E-state index < -0.39 is 0 Å². The first-order chi connectivity index (χ1) is 9.95. The number of thiophene rings is 1. The number of hydrogen-bond acceptors (Lipinski definition) is 3. The van der Waals surface area contributed by atoms with Gasteiger partial charge in [0.25, 0.3) is 5.91 Å². The van der Waals surface area contributed by atoms with Crippen molar-refractivity contribution in [3.8, 4) is 0 Å². The predicted molar refractivity (Wildman–Crippen MR) is 86.5 cm³/mol. The highest BCUT2D eigenvalue weighted by atomic mass is 35.5. The van der Waals surface area contributed by atoms with Crippen molar-refractivity contribution in [1.82, 2.24) is 5.32 Å². The second kappa shape index (κ2) is 6.93. The van der Waals surface area contributed by atoms with Crippen molar-refractivity contribution in [2.45, 2.75) is 6.92 Å². The molecule has 1 aromatic heterocycles. The molecule has 7 heteroatoms. The van der Waals surface area contributed by atoms with Crippen LogP contribution in [0.25, 0.3) is 0 Å². The van der Waals surface area contributed by atoms with Gasteiger partial charge in [-0.1, -0.05) is 23.2 Å². The molecule has 0 atom stereocenters. The lowest BCUT2D eigenvalue weighted by Crippen LogP contribution is -2.32. The Morgan fingerprint density at radius 3 is 2.52 bits per heavy atom. The molecule has 0 aliphatic rings. The summed E-state index contributed by atoms with van der Waals surface area (Å²) >= 11 is 13.0. The van der Waals surface area contributed by atoms with Crippen molar-refractivity contribution in [2.75, 3.05) is 11.9 Å². The van der Waals surface area contributed by atoms with Crippen LogP contribution < -0.4 is 10.6 Å². The molecule has 2 aromatic rings. The van der Waals surface area contributed by atoms with E-state index in [-0.39, 0.29) is 18.4 Å². The van der Waals surface area contributed by atoms with Crippen molar-refractivity contribution in [1.29, 1.82) is 0 Å². The van der Waals surface area contributed by atoms with Gasteiger partial charge in [0.05, 0.1) is 21.5 Å². The Bertz CT molecular complexity index is 685. The second-order valence-electron chi connectivity index (χ2n) is 4.27. The maximum absolute atomic E-state index is 11.8. The molecule has 2 amide bonds. The lowest BCUT2D eigenvalue weighted by molar-refractivity contribution is -0.115. The zero-order valence-corrected chi connectivity index (χ0v) is 13.4. The van der Waals surface area contributed by atoms with Gasteiger partial charge >= 0.3 is 0 Å². The fourth-order valence-electron chi connectivity index (χ4n) is 1.58. The van der Waals surface area contributed by atoms with E-state index in [2.05, 4.69) is 10.6 Å². The van der Waals surface area contributed by atoms with E-state index in [9.17, 15) is 9.59 Å². The molecule has 0 aliphatic carbocycles. The molecule has 2 rings (SSSR count). The molecule has 0 saturated heterocycles. The lowest BCUT2D eigenvalue weighted by Gasteiger charge is -2.07. The number of benzene rings is 1. The van der Waals surface area contributed by atoms with Gasteiger partial charge < -0.3 is 10.6 Å². The monoisotopic (exact) mass is 342 g/mol. The number of carbonyl (C=O) groups excluding carboxylic acids is 2. The quantitative estimate of drug-likeness (QED) is 0.889. The van der Waals surface area contributed by atoms with Gasteiger partial charge in [0.1, 0.15) is 0 Å². The van der Waals surface area contributed by atoms with E-state index >= 15 is 0 Å². The van der Waals surface area contributed by atoms with Crippen LogP contribution in [0.5, 0.6) is 0 Å². The summed E-state index contributed by atoms with van der Waals surface area (Å²) in [5.41, 5.74) is 0.524. The van der Waals surface area contributed by atoms with Gasteiger partial charge in [0.15, 0.2) is 0 Å². The number of rotatable bonds is 4. The summed E-state index contributed by atoms with van der Waals surface area (Å²) in [6, 6.07) is 8.36. The van der Waals surface area contributed by atoms with Crippen LogP contribution in [0.4, 0.5) is 5.69 Å². The second-order valence-corrected chi connectivity index (χ2v) is 6.37. The van der Waals surface area contributed by atoms with Gasteiger partial charge in [-0.2, -0.15) is 0 Å². The Kier molecular flexibility index (Phi) is 5.22. The normalized spacial score (nSPS) is 10.2. The van der Waals surface area contributed by atoms with Crippen LogP contribution in [-0.4, -0.2) is 18.4 Å². The molecule has 0 saturated carbocycles. The molecule has 4 nitrogen and oxygen atoms in total. The summed E-state index contributed by atoms with van der Waals surface area (Å²) in [5, 5.41) is 5.95. The first kappa shape index (κ1) is 15.8. The minimum absolute atomic E-state index is 0.115. The molecule has 1 aromatic carbocycles. The number of aryl methyl sites for hydroxylation is 1. The van der Waals surface area contributed by atoms with E-state index in [1.807, 2.05) is 13.0 Å². The fourth-order valence-corrected chi connectivity index (χ4v) is 2.67. The van der Waals surface area contributed by atoms with Gasteiger partial charge in [0, 0.05) is 10.6 Å². The first-order valence-corrected chi connectivity index (χ1v) is 7.62. The van der Waals surface area contributed by atoms with E-state index in [1.165, 1.54) is 11.3 Å². The fraction of sp³-hybridized carbons (Fsp3) is 0.143. The number of carbonyl (C=O) groups is 2. The zero-order chi connectivity index (χ0) is 15.4. The SMILES string of the molecule is Cc1ccc(C(=O)NCC(=O)Nc2ccc(Cl)c(Cl)c2)s1. The summed E-state index contributed by atoms with van der Waals surface area (Å²) in [5.74, 6) is -0.604. The Morgan fingerprint density at radius 1 is 1.14 bits per heavy atom. The van der Waals surface area contributed by atoms with Gasteiger partial charge in [-0.15, -0.1) is 11.3 Å². The predicted octanol–water partition coefficient (Wildman–Crippen LogP) is 3.73. The lowest BCUT2D eigenvalue weighted by atomic mass is 10.3. The maximum Gasteiger partial charge on any atom is 0.261 e. The van der Waals surface area contributed by atoms with Crippen molar-refractivity contribution < 1.29 is 9.59 Å². The highest BCUT2D eigenvalue weighted by Crippen LogP contribution is 2.24. The van der Waals surface area contributed by atoms with Crippen LogP contribution in [0.2, 0.25) is 10.0 Å². The third-order valence-corrected chi connectivity index (χ3v) is 4.32. The van der Waals surface area contributed by atoms with E-state index in [0.717, 1.165) is 4.88 Å². The number of amides is 2. The van der Waals surface area contributed by atoms with Gasteiger partial charge in [-0.05, 0) is 37.3 Å². The molecule has 110 valence electrons. The molecule has 0 unspecified atom stereocenters. The van der Waals surface area contributed by atoms with Crippen LogP contribution in [0, 0.1) is 6.92 Å². The number of hydrogen-bond donors (Lipinski definition) is 2. The molecule has 0 spiro atoms. The van der Waals surface area contributed by atoms with Crippen LogP contribution in [0.15, 0.2) is 30.3 Å². The summed E-state index contributed by atoms with van der Waals surface area (Å²) in [6.45, 7) is 1.80. The molecule has 21 heavy (non-hydrogen) atoms. The average molecular weight is 343 g/mol. The maximum atomic E-state index is 11.8. The summed E-state index contributed by atoms with van der Waals surface area (Å²) in [4.78, 5) is 25.2. The smallest absolute Gasteiger partial charge is 0.261 e. The third-order valence-electron chi connectivity index (χ3n) is 2.58. The largest absolute Gasteiger partial charge is 0.342 e. The molecular weight excluding hydrogens is 331 g/mol. The zero-order valence-electron chi connectivity index (χ0n) is 11.1. The molecule has 2 N–H and O–H groups in total. The van der Waals surface area contributed by atoms with Gasteiger partial charge in [-0.25, -0.2) is 0 Å². The Balaban J connectivity index is 1.87. The van der Waals surface area contributed by atoms with Crippen molar-refractivity contribution in [2.24, 2.45) is 0 Å². The van der Waals surface area contributed by atoms with E-state index in [0.29, 0.717) is 20.6 Å². The standard InChI is InChI=1S/C14H12Cl2N2O2S/c1-8-2-5-12(21-8)14(20)17-7-13(19)18-9-3-4-10(15)11(16)6-9/h2-6H,7H2,1H3,(H,17,20)(H,18,19). The van der Waals surface area contributed by atoms with Crippen LogP contribution in [0.1, 0.15) is 14.5 Å². The average Bonchev–Trinajstić information content (AvgIpc) is 2.87. The van der Waals surface area contributed by atoms with E-state index in [4.69, 9.17) is 23.2 Å². The van der Waals surface area contributed by atoms with Crippen molar-refractivity contribution in [3.05, 3.63) is 50.1 Å². The minimum Gasteiger partial charge on any atom is -0.342 e. The molecule has 0 aliphatic heterocycles. The molecule has 0 radical (unpaired) electrons. The van der Waals surface area contributed by atoms with Crippen LogP contribution >= 0.6 is 34.5 Å². The molecule has 0 bridgehead atoms. The molecular formula is C14H12Cl2N2O2S. The topological polar surface area (TPSA) is 58.2 Å². The molecule has 1 heterocycles. The highest BCUT2D eigenvalue weighted by molar-refractivity contribution is 7.13.